The molecule has 0 aliphatic carbocycles. The van der Waals surface area contributed by atoms with Gasteiger partial charge < -0.3 is 10.1 Å². The number of rotatable bonds is 3. The molecule has 1 heterocycles. The quantitative estimate of drug-likeness (QED) is 0.364. The van der Waals surface area contributed by atoms with Gasteiger partial charge in [0.15, 0.2) is 0 Å². The Hall–Kier alpha value is -0.630. The highest BCUT2D eigenvalue weighted by Gasteiger charge is 2.26. The summed E-state index contributed by atoms with van der Waals surface area (Å²) in [5.41, 5.74) is -0.228. The number of alkyl halides is 3. The molecule has 15 heavy (non-hydrogen) atoms. The molecule has 0 aromatic carbocycles. The number of pyridine rings is 1. The second-order valence-corrected chi connectivity index (χ2v) is 3.85. The normalized spacial score (nSPS) is 10.7. The molecule has 0 amide bonds. The average molecular weight is 346 g/mol. The van der Waals surface area contributed by atoms with E-state index in [1.807, 2.05) is 0 Å². The van der Waals surface area contributed by atoms with Crippen LogP contribution in [-0.2, 0) is 5.33 Å². The summed E-state index contributed by atoms with van der Waals surface area (Å²) in [6.45, 7) is 0. The van der Waals surface area contributed by atoms with Crippen molar-refractivity contribution < 1.29 is 13.7 Å². The molecule has 0 fully saturated rings. The van der Waals surface area contributed by atoms with Crippen molar-refractivity contribution in [2.24, 2.45) is 0 Å². The number of hydrogen-bond acceptors (Lipinski definition) is 3. The lowest BCUT2D eigenvalue weighted by atomic mass is 10.2. The van der Waals surface area contributed by atoms with E-state index in [1.54, 1.807) is 0 Å². The Morgan fingerprint density at radius 1 is 1.60 bits per heavy atom. The van der Waals surface area contributed by atoms with Gasteiger partial charge in [-0.05, 0) is 16.0 Å². The maximum atomic E-state index is 12.5. The zero-order chi connectivity index (χ0) is 11.6. The summed E-state index contributed by atoms with van der Waals surface area (Å²) in [7, 11) is 0. The van der Waals surface area contributed by atoms with Crippen LogP contribution < -0.4 is 0 Å². The molecule has 0 spiro atoms. The van der Waals surface area contributed by atoms with Crippen molar-refractivity contribution in [2.75, 3.05) is 0 Å². The molecule has 0 aliphatic heterocycles. The maximum Gasteiger partial charge on any atom is 0.373 e. The third-order valence-electron chi connectivity index (χ3n) is 1.61. The van der Waals surface area contributed by atoms with Crippen molar-refractivity contribution >= 4 is 37.7 Å². The van der Waals surface area contributed by atoms with Gasteiger partial charge in [-0.15, -0.1) is 0 Å². The molecule has 1 rings (SSSR count). The van der Waals surface area contributed by atoms with Crippen LogP contribution in [0.15, 0.2) is 10.7 Å². The lowest BCUT2D eigenvalue weighted by Crippen LogP contribution is -2.01. The van der Waals surface area contributed by atoms with Crippen molar-refractivity contribution in [1.29, 1.82) is 0 Å². The van der Waals surface area contributed by atoms with Crippen LogP contribution >= 0.6 is 31.9 Å². The van der Waals surface area contributed by atoms with Gasteiger partial charge in [0, 0.05) is 26.8 Å². The molecule has 1 aromatic rings. The Balaban J connectivity index is 3.38. The molecule has 0 saturated heterocycles. The van der Waals surface area contributed by atoms with E-state index in [2.05, 4.69) is 36.8 Å². The minimum absolute atomic E-state index is 0.190. The van der Waals surface area contributed by atoms with Crippen molar-refractivity contribution in [1.82, 2.24) is 4.98 Å². The first-order valence-electron chi connectivity index (χ1n) is 3.65. The molecule has 0 bridgehead atoms. The standard InChI is InChI=1S/C7H4Br2F2N2O2/c8-2-3-1-4(6(10)11)7(13(14)15)12-5(3)9/h1,6H,2H2. The largest absolute Gasteiger partial charge is 0.373 e. The summed E-state index contributed by atoms with van der Waals surface area (Å²) < 4.78 is 25.1. The predicted molar refractivity (Wildman–Crippen MR) is 56.2 cm³/mol. The SMILES string of the molecule is O=[N+]([O-])c1nc(Br)c(CBr)cc1C(F)F. The fourth-order valence-corrected chi connectivity index (χ4v) is 2.17. The van der Waals surface area contributed by atoms with Crippen LogP contribution in [-0.4, -0.2) is 9.91 Å². The molecule has 0 aliphatic rings. The minimum atomic E-state index is -2.91. The first-order chi connectivity index (χ1) is 6.97. The first kappa shape index (κ1) is 12.4. The van der Waals surface area contributed by atoms with E-state index in [0.29, 0.717) is 5.56 Å². The molecule has 8 heteroatoms. The summed E-state index contributed by atoms with van der Waals surface area (Å²) in [4.78, 5) is 13.0. The van der Waals surface area contributed by atoms with Gasteiger partial charge in [0.05, 0.1) is 0 Å². The molecule has 0 N–H and O–H groups in total. The lowest BCUT2D eigenvalue weighted by molar-refractivity contribution is -0.391. The van der Waals surface area contributed by atoms with E-state index in [0.717, 1.165) is 6.07 Å². The van der Waals surface area contributed by atoms with Gasteiger partial charge in [-0.3, -0.25) is 0 Å². The Morgan fingerprint density at radius 3 is 2.60 bits per heavy atom. The molecule has 0 unspecified atom stereocenters. The van der Waals surface area contributed by atoms with Gasteiger partial charge in [0.2, 0.25) is 4.60 Å². The van der Waals surface area contributed by atoms with Gasteiger partial charge >= 0.3 is 5.82 Å². The predicted octanol–water partition coefficient (Wildman–Crippen LogP) is 3.58. The molecule has 82 valence electrons. The fourth-order valence-electron chi connectivity index (χ4n) is 0.942. The Morgan fingerprint density at radius 2 is 2.20 bits per heavy atom. The zero-order valence-corrected chi connectivity index (χ0v) is 10.3. The highest BCUT2D eigenvalue weighted by Crippen LogP contribution is 2.31. The number of aromatic nitrogens is 1. The van der Waals surface area contributed by atoms with Crippen LogP contribution in [0.4, 0.5) is 14.6 Å². The first-order valence-corrected chi connectivity index (χ1v) is 5.56. The Labute approximate surface area is 100 Å². The van der Waals surface area contributed by atoms with Gasteiger partial charge in [0.1, 0.15) is 5.56 Å². The van der Waals surface area contributed by atoms with Gasteiger partial charge in [-0.2, -0.15) is 0 Å². The van der Waals surface area contributed by atoms with Crippen LogP contribution in [0, 0.1) is 10.1 Å². The van der Waals surface area contributed by atoms with Crippen molar-refractivity contribution in [3.8, 4) is 0 Å². The minimum Gasteiger partial charge on any atom is -0.358 e. The fraction of sp³-hybridized carbons (Fsp3) is 0.286. The zero-order valence-electron chi connectivity index (χ0n) is 7.08. The Kier molecular flexibility index (Phi) is 4.09. The third-order valence-corrected chi connectivity index (χ3v) is 2.90. The lowest BCUT2D eigenvalue weighted by Gasteiger charge is -2.03. The van der Waals surface area contributed by atoms with E-state index in [-0.39, 0.29) is 9.93 Å². The van der Waals surface area contributed by atoms with Crippen molar-refractivity contribution in [3.63, 3.8) is 0 Å². The molecule has 4 nitrogen and oxygen atoms in total. The number of halogens is 4. The molecular weight excluding hydrogens is 342 g/mol. The summed E-state index contributed by atoms with van der Waals surface area (Å²) in [6, 6.07) is 1.06. The molecule has 0 radical (unpaired) electrons. The third kappa shape index (κ3) is 2.69. The number of nitro groups is 1. The van der Waals surface area contributed by atoms with E-state index in [9.17, 15) is 18.9 Å². The summed E-state index contributed by atoms with van der Waals surface area (Å²) >= 11 is 6.04. The number of hydrogen-bond donors (Lipinski definition) is 0. The van der Waals surface area contributed by atoms with Gasteiger partial charge in [0.25, 0.3) is 6.43 Å². The summed E-state index contributed by atoms with van der Waals surface area (Å²) in [5.74, 6) is -0.818. The Bertz CT molecular complexity index is 401. The van der Waals surface area contributed by atoms with E-state index in [1.165, 1.54) is 0 Å². The summed E-state index contributed by atoms with van der Waals surface area (Å²) in [6.07, 6.45) is -2.91. The molecule has 0 atom stereocenters. The van der Waals surface area contributed by atoms with Crippen LogP contribution in [0.1, 0.15) is 17.6 Å². The monoisotopic (exact) mass is 344 g/mol. The summed E-state index contributed by atoms with van der Waals surface area (Å²) in [5, 5.41) is 10.7. The average Bonchev–Trinajstić information content (AvgIpc) is 2.16. The van der Waals surface area contributed by atoms with E-state index >= 15 is 0 Å². The number of nitrogens with zero attached hydrogens (tertiary/aromatic N) is 2. The second-order valence-electron chi connectivity index (χ2n) is 2.54. The molecule has 0 saturated carbocycles. The van der Waals surface area contributed by atoms with Crippen LogP contribution in [0.3, 0.4) is 0 Å². The van der Waals surface area contributed by atoms with Gasteiger partial charge in [-0.25, -0.2) is 8.78 Å². The van der Waals surface area contributed by atoms with E-state index < -0.39 is 22.7 Å². The second kappa shape index (κ2) is 4.93. The topological polar surface area (TPSA) is 56.0 Å². The molecule has 1 aromatic heterocycles. The van der Waals surface area contributed by atoms with Crippen molar-refractivity contribution in [3.05, 3.63) is 31.9 Å². The smallest absolute Gasteiger partial charge is 0.358 e. The van der Waals surface area contributed by atoms with Crippen molar-refractivity contribution in [2.45, 2.75) is 11.8 Å². The van der Waals surface area contributed by atoms with E-state index in [4.69, 9.17) is 0 Å². The highest BCUT2D eigenvalue weighted by molar-refractivity contribution is 9.10. The van der Waals surface area contributed by atoms with Crippen LogP contribution in [0.25, 0.3) is 0 Å². The van der Waals surface area contributed by atoms with Gasteiger partial charge in [-0.1, -0.05) is 15.9 Å². The van der Waals surface area contributed by atoms with Crippen LogP contribution in [0.5, 0.6) is 0 Å². The maximum absolute atomic E-state index is 12.5. The highest BCUT2D eigenvalue weighted by atomic mass is 79.9. The molecular formula is C7H4Br2F2N2O2. The van der Waals surface area contributed by atoms with Crippen LogP contribution in [0.2, 0.25) is 0 Å².